The SMILES string of the molecule is [CH2][C@@H]1CCCC(=O)N1. The molecule has 1 fully saturated rings. The van der Waals surface area contributed by atoms with Gasteiger partial charge in [-0.05, 0) is 19.8 Å². The summed E-state index contributed by atoms with van der Waals surface area (Å²) in [6.07, 6.45) is 2.72. The van der Waals surface area contributed by atoms with Gasteiger partial charge in [0.15, 0.2) is 0 Å². The van der Waals surface area contributed by atoms with Gasteiger partial charge in [-0.3, -0.25) is 4.79 Å². The van der Waals surface area contributed by atoms with Crippen LogP contribution in [0, 0.1) is 6.92 Å². The molecule has 1 radical (unpaired) electrons. The van der Waals surface area contributed by atoms with E-state index in [9.17, 15) is 4.79 Å². The average Bonchev–Trinajstić information content (AvgIpc) is 1.64. The highest BCUT2D eigenvalue weighted by Gasteiger charge is 2.12. The number of nitrogens with one attached hydrogen (secondary N) is 1. The van der Waals surface area contributed by atoms with E-state index in [2.05, 4.69) is 12.2 Å². The molecule has 1 saturated heterocycles. The minimum atomic E-state index is 0.149. The number of rotatable bonds is 0. The van der Waals surface area contributed by atoms with Gasteiger partial charge in [0.05, 0.1) is 0 Å². The average molecular weight is 112 g/mol. The molecule has 2 nitrogen and oxygen atoms in total. The summed E-state index contributed by atoms with van der Waals surface area (Å²) in [7, 11) is 0. The van der Waals surface area contributed by atoms with Crippen molar-refractivity contribution in [2.45, 2.75) is 25.3 Å². The lowest BCUT2D eigenvalue weighted by Crippen LogP contribution is -2.36. The number of hydrogen-bond acceptors (Lipinski definition) is 1. The highest BCUT2D eigenvalue weighted by Crippen LogP contribution is 2.05. The van der Waals surface area contributed by atoms with E-state index in [-0.39, 0.29) is 11.9 Å². The van der Waals surface area contributed by atoms with Crippen LogP contribution in [0.1, 0.15) is 19.3 Å². The Kier molecular flexibility index (Phi) is 1.51. The fourth-order valence-corrected chi connectivity index (χ4v) is 0.881. The summed E-state index contributed by atoms with van der Waals surface area (Å²) in [6, 6.07) is 0.163. The first kappa shape index (κ1) is 5.60. The number of carbonyl (C=O) groups is 1. The Hall–Kier alpha value is -0.530. The van der Waals surface area contributed by atoms with Crippen molar-refractivity contribution < 1.29 is 4.79 Å². The van der Waals surface area contributed by atoms with Crippen LogP contribution in [0.25, 0.3) is 0 Å². The summed E-state index contributed by atoms with van der Waals surface area (Å²) in [5, 5.41) is 2.73. The molecule has 0 aromatic heterocycles. The third-order valence-electron chi connectivity index (χ3n) is 1.32. The lowest BCUT2D eigenvalue weighted by Gasteiger charge is -2.17. The molecule has 1 atom stereocenters. The van der Waals surface area contributed by atoms with Crippen molar-refractivity contribution in [3.05, 3.63) is 6.92 Å². The molecule has 1 heterocycles. The third kappa shape index (κ3) is 1.22. The van der Waals surface area contributed by atoms with Crippen LogP contribution < -0.4 is 5.32 Å². The van der Waals surface area contributed by atoms with E-state index in [1.54, 1.807) is 0 Å². The molecule has 0 unspecified atom stereocenters. The Morgan fingerprint density at radius 1 is 1.75 bits per heavy atom. The molecule has 0 bridgehead atoms. The summed E-state index contributed by atoms with van der Waals surface area (Å²) in [5.41, 5.74) is 0. The van der Waals surface area contributed by atoms with Gasteiger partial charge in [0, 0.05) is 12.5 Å². The molecule has 1 aliphatic heterocycles. The van der Waals surface area contributed by atoms with Crippen LogP contribution in [0.15, 0.2) is 0 Å². The zero-order valence-electron chi connectivity index (χ0n) is 4.81. The van der Waals surface area contributed by atoms with Crippen molar-refractivity contribution in [2.24, 2.45) is 0 Å². The van der Waals surface area contributed by atoms with Gasteiger partial charge in [-0.15, -0.1) is 0 Å². The van der Waals surface area contributed by atoms with Crippen molar-refractivity contribution in [1.29, 1.82) is 0 Å². The molecule has 1 amide bonds. The molecule has 2 heteroatoms. The van der Waals surface area contributed by atoms with Crippen molar-refractivity contribution in [3.8, 4) is 0 Å². The quantitative estimate of drug-likeness (QED) is 0.485. The molecule has 0 saturated carbocycles. The van der Waals surface area contributed by atoms with Gasteiger partial charge in [0.25, 0.3) is 0 Å². The van der Waals surface area contributed by atoms with Crippen molar-refractivity contribution in [1.82, 2.24) is 5.32 Å². The second-order valence-corrected chi connectivity index (χ2v) is 2.16. The molecule has 0 spiro atoms. The topological polar surface area (TPSA) is 29.1 Å². The minimum Gasteiger partial charge on any atom is -0.353 e. The van der Waals surface area contributed by atoms with Crippen molar-refractivity contribution >= 4 is 5.91 Å². The lowest BCUT2D eigenvalue weighted by atomic mass is 10.1. The summed E-state index contributed by atoms with van der Waals surface area (Å²) in [6.45, 7) is 3.72. The van der Waals surface area contributed by atoms with E-state index >= 15 is 0 Å². The van der Waals surface area contributed by atoms with Crippen molar-refractivity contribution in [2.75, 3.05) is 0 Å². The molecule has 8 heavy (non-hydrogen) atoms. The maximum atomic E-state index is 10.5. The molecular weight excluding hydrogens is 102 g/mol. The first-order chi connectivity index (χ1) is 3.79. The molecule has 45 valence electrons. The second-order valence-electron chi connectivity index (χ2n) is 2.16. The summed E-state index contributed by atoms with van der Waals surface area (Å²) in [5.74, 6) is 0.149. The van der Waals surface area contributed by atoms with Crippen LogP contribution in [0.4, 0.5) is 0 Å². The lowest BCUT2D eigenvalue weighted by molar-refractivity contribution is -0.122. The Morgan fingerprint density at radius 2 is 2.50 bits per heavy atom. The summed E-state index contributed by atoms with van der Waals surface area (Å²) in [4.78, 5) is 10.5. The van der Waals surface area contributed by atoms with Crippen LogP contribution in [-0.4, -0.2) is 11.9 Å². The van der Waals surface area contributed by atoms with Crippen LogP contribution in [-0.2, 0) is 4.79 Å². The molecule has 0 aromatic carbocycles. The van der Waals surface area contributed by atoms with E-state index in [0.29, 0.717) is 6.42 Å². The molecule has 1 aliphatic rings. The van der Waals surface area contributed by atoms with Gasteiger partial charge in [-0.2, -0.15) is 0 Å². The predicted molar refractivity (Wildman–Crippen MR) is 31.1 cm³/mol. The molecular formula is C6H10NO. The van der Waals surface area contributed by atoms with Crippen LogP contribution in [0.2, 0.25) is 0 Å². The maximum Gasteiger partial charge on any atom is 0.220 e. The fraction of sp³-hybridized carbons (Fsp3) is 0.667. The first-order valence-corrected chi connectivity index (χ1v) is 2.91. The number of piperidine rings is 1. The third-order valence-corrected chi connectivity index (χ3v) is 1.32. The van der Waals surface area contributed by atoms with Crippen LogP contribution >= 0.6 is 0 Å². The van der Waals surface area contributed by atoms with E-state index in [1.165, 1.54) is 0 Å². The van der Waals surface area contributed by atoms with E-state index in [1.807, 2.05) is 0 Å². The normalized spacial score (nSPS) is 29.6. The Bertz CT molecular complexity index is 101. The van der Waals surface area contributed by atoms with Gasteiger partial charge in [-0.1, -0.05) is 0 Å². The zero-order valence-corrected chi connectivity index (χ0v) is 4.81. The summed E-state index contributed by atoms with van der Waals surface area (Å²) >= 11 is 0. The van der Waals surface area contributed by atoms with Gasteiger partial charge >= 0.3 is 0 Å². The predicted octanol–water partition coefficient (Wildman–Crippen LogP) is 0.489. The van der Waals surface area contributed by atoms with Crippen molar-refractivity contribution in [3.63, 3.8) is 0 Å². The van der Waals surface area contributed by atoms with E-state index < -0.39 is 0 Å². The minimum absolute atomic E-state index is 0.149. The second kappa shape index (κ2) is 2.16. The molecule has 1 rings (SSSR count). The highest BCUT2D eigenvalue weighted by molar-refractivity contribution is 5.76. The maximum absolute atomic E-state index is 10.5. The molecule has 0 aliphatic carbocycles. The molecule has 0 aromatic rings. The summed E-state index contributed by atoms with van der Waals surface area (Å²) < 4.78 is 0. The van der Waals surface area contributed by atoms with Gasteiger partial charge in [0.1, 0.15) is 0 Å². The Balaban J connectivity index is 2.34. The monoisotopic (exact) mass is 112 g/mol. The van der Waals surface area contributed by atoms with Crippen LogP contribution in [0.5, 0.6) is 0 Å². The van der Waals surface area contributed by atoms with E-state index in [0.717, 1.165) is 12.8 Å². The Labute approximate surface area is 49.3 Å². The number of carbonyl (C=O) groups excluding carboxylic acids is 1. The van der Waals surface area contributed by atoms with E-state index in [4.69, 9.17) is 0 Å². The fourth-order valence-electron chi connectivity index (χ4n) is 0.881. The smallest absolute Gasteiger partial charge is 0.220 e. The molecule has 1 N–H and O–H groups in total. The Morgan fingerprint density at radius 3 is 2.88 bits per heavy atom. The van der Waals surface area contributed by atoms with Crippen LogP contribution in [0.3, 0.4) is 0 Å². The van der Waals surface area contributed by atoms with Gasteiger partial charge in [0.2, 0.25) is 5.91 Å². The van der Waals surface area contributed by atoms with Gasteiger partial charge < -0.3 is 5.32 Å². The largest absolute Gasteiger partial charge is 0.353 e. The first-order valence-electron chi connectivity index (χ1n) is 2.91. The standard InChI is InChI=1S/C6H10NO/c1-5-3-2-4-6(8)7-5/h5H,1-4H2,(H,7,8)/t5-/m1/s1. The number of amides is 1. The number of hydrogen-bond donors (Lipinski definition) is 1. The van der Waals surface area contributed by atoms with Gasteiger partial charge in [-0.25, -0.2) is 0 Å². The highest BCUT2D eigenvalue weighted by atomic mass is 16.1. The zero-order chi connectivity index (χ0) is 5.98.